The molecule has 2 amide bonds. The number of aromatic nitrogens is 1. The molecule has 0 spiro atoms. The summed E-state index contributed by atoms with van der Waals surface area (Å²) in [6.45, 7) is 1.78. The van der Waals surface area contributed by atoms with Crippen molar-refractivity contribution >= 4 is 40.0 Å². The largest absolute Gasteiger partial charge is 0.342 e. The number of nitrogens with zero attached hydrogens (tertiary/aromatic N) is 1. The van der Waals surface area contributed by atoms with Gasteiger partial charge in [0.15, 0.2) is 0 Å². The molecule has 0 aliphatic carbocycles. The van der Waals surface area contributed by atoms with Crippen molar-refractivity contribution < 1.29 is 9.59 Å². The Morgan fingerprint density at radius 3 is 2.60 bits per heavy atom. The fraction of sp³-hybridized carbons (Fsp3) is 0.158. The van der Waals surface area contributed by atoms with Crippen LogP contribution in [0.5, 0.6) is 0 Å². The highest BCUT2D eigenvalue weighted by Crippen LogP contribution is 2.22. The lowest BCUT2D eigenvalue weighted by Crippen LogP contribution is -2.33. The minimum absolute atomic E-state index is 0.134. The van der Waals surface area contributed by atoms with Crippen LogP contribution < -0.4 is 10.6 Å². The van der Waals surface area contributed by atoms with E-state index in [1.54, 1.807) is 22.8 Å². The maximum absolute atomic E-state index is 12.4. The monoisotopic (exact) mass is 355 g/mol. The molecule has 1 aromatic heterocycles. The van der Waals surface area contributed by atoms with Crippen molar-refractivity contribution in [2.75, 3.05) is 11.9 Å². The van der Waals surface area contributed by atoms with Crippen molar-refractivity contribution in [3.05, 3.63) is 64.8 Å². The molecular formula is C19H18ClN3O2. The number of nitrogens with one attached hydrogen (secondary N) is 2. The summed E-state index contributed by atoms with van der Waals surface area (Å²) < 4.78 is 1.80. The van der Waals surface area contributed by atoms with Gasteiger partial charge < -0.3 is 15.2 Å². The lowest BCUT2D eigenvalue weighted by Gasteiger charge is -2.09. The predicted molar refractivity (Wildman–Crippen MR) is 100 cm³/mol. The molecule has 3 aromatic rings. The second-order valence-corrected chi connectivity index (χ2v) is 6.27. The number of anilines is 1. The number of halogens is 1. The van der Waals surface area contributed by atoms with E-state index in [-0.39, 0.29) is 18.4 Å². The molecule has 3 rings (SSSR count). The Labute approximate surface area is 150 Å². The number of amides is 2. The molecule has 0 radical (unpaired) electrons. The van der Waals surface area contributed by atoms with Crippen LogP contribution in [0.1, 0.15) is 16.1 Å². The van der Waals surface area contributed by atoms with Gasteiger partial charge in [-0.2, -0.15) is 0 Å². The van der Waals surface area contributed by atoms with Crippen LogP contribution in [0.3, 0.4) is 0 Å². The summed E-state index contributed by atoms with van der Waals surface area (Å²) in [6.07, 6.45) is 0. The topological polar surface area (TPSA) is 63.1 Å². The van der Waals surface area contributed by atoms with Crippen LogP contribution in [0.4, 0.5) is 5.69 Å². The van der Waals surface area contributed by atoms with Gasteiger partial charge in [0.05, 0.1) is 17.3 Å². The van der Waals surface area contributed by atoms with Crippen molar-refractivity contribution in [2.45, 2.75) is 6.92 Å². The van der Waals surface area contributed by atoms with E-state index < -0.39 is 0 Å². The van der Waals surface area contributed by atoms with Crippen LogP contribution in [0.15, 0.2) is 48.5 Å². The van der Waals surface area contributed by atoms with E-state index in [0.29, 0.717) is 16.4 Å². The number of rotatable bonds is 4. The fourth-order valence-corrected chi connectivity index (χ4v) is 2.96. The van der Waals surface area contributed by atoms with Gasteiger partial charge >= 0.3 is 0 Å². The van der Waals surface area contributed by atoms with Gasteiger partial charge in [0, 0.05) is 18.0 Å². The first-order valence-corrected chi connectivity index (χ1v) is 8.22. The highest BCUT2D eigenvalue weighted by atomic mass is 35.5. The second-order valence-electron chi connectivity index (χ2n) is 5.86. The van der Waals surface area contributed by atoms with Crippen molar-refractivity contribution in [2.24, 2.45) is 7.05 Å². The first-order chi connectivity index (χ1) is 12.0. The number of hydrogen-bond donors (Lipinski definition) is 2. The summed E-state index contributed by atoms with van der Waals surface area (Å²) in [5.41, 5.74) is 2.99. The van der Waals surface area contributed by atoms with Crippen LogP contribution in [0.25, 0.3) is 10.9 Å². The summed E-state index contributed by atoms with van der Waals surface area (Å²) >= 11 is 6.09. The van der Waals surface area contributed by atoms with Gasteiger partial charge in [0.1, 0.15) is 5.69 Å². The zero-order valence-corrected chi connectivity index (χ0v) is 14.7. The average Bonchev–Trinajstić information content (AvgIpc) is 2.93. The number of hydrogen-bond acceptors (Lipinski definition) is 2. The second kappa shape index (κ2) is 6.99. The number of benzene rings is 2. The smallest absolute Gasteiger partial charge is 0.268 e. The third kappa shape index (κ3) is 3.67. The maximum Gasteiger partial charge on any atom is 0.268 e. The minimum atomic E-state index is -0.335. The number of para-hydroxylation sites is 1. The Kier molecular flexibility index (Phi) is 4.76. The van der Waals surface area contributed by atoms with Crippen molar-refractivity contribution in [1.82, 2.24) is 9.88 Å². The molecule has 5 nitrogen and oxygen atoms in total. The lowest BCUT2D eigenvalue weighted by atomic mass is 10.2. The maximum atomic E-state index is 12.4. The summed E-state index contributed by atoms with van der Waals surface area (Å²) in [7, 11) is 1.82. The number of carbonyl (C=O) groups is 2. The molecule has 2 aromatic carbocycles. The third-order valence-corrected chi connectivity index (χ3v) is 4.31. The normalized spacial score (nSPS) is 10.7. The lowest BCUT2D eigenvalue weighted by molar-refractivity contribution is -0.115. The highest BCUT2D eigenvalue weighted by Gasteiger charge is 2.14. The highest BCUT2D eigenvalue weighted by molar-refractivity contribution is 6.33. The van der Waals surface area contributed by atoms with Gasteiger partial charge in [-0.25, -0.2) is 0 Å². The first kappa shape index (κ1) is 17.0. The quantitative estimate of drug-likeness (QED) is 0.752. The third-order valence-electron chi connectivity index (χ3n) is 3.99. The van der Waals surface area contributed by atoms with E-state index in [1.165, 1.54) is 0 Å². The minimum Gasteiger partial charge on any atom is -0.342 e. The molecule has 0 atom stereocenters. The molecular weight excluding hydrogens is 338 g/mol. The molecule has 25 heavy (non-hydrogen) atoms. The molecule has 128 valence electrons. The van der Waals surface area contributed by atoms with Gasteiger partial charge in [-0.3, -0.25) is 9.59 Å². The van der Waals surface area contributed by atoms with Crippen LogP contribution in [-0.2, 0) is 11.8 Å². The molecule has 0 unspecified atom stereocenters. The standard InChI is InChI=1S/C19H18ClN3O2/c1-12-7-8-15(14(20)9-12)22-18(24)11-21-19(25)17-10-13-5-3-4-6-16(13)23(17)2/h3-10H,11H2,1-2H3,(H,21,25)(H,22,24). The summed E-state index contributed by atoms with van der Waals surface area (Å²) in [6, 6.07) is 14.9. The van der Waals surface area contributed by atoms with Gasteiger partial charge in [0.2, 0.25) is 5.91 Å². The molecule has 1 heterocycles. The van der Waals surface area contributed by atoms with Gasteiger partial charge in [-0.1, -0.05) is 35.9 Å². The summed E-state index contributed by atoms with van der Waals surface area (Å²) in [4.78, 5) is 24.4. The zero-order chi connectivity index (χ0) is 18.0. The predicted octanol–water partition coefficient (Wildman–Crippen LogP) is 3.51. The first-order valence-electron chi connectivity index (χ1n) is 7.84. The Morgan fingerprint density at radius 1 is 1.12 bits per heavy atom. The van der Waals surface area contributed by atoms with E-state index in [9.17, 15) is 9.59 Å². The number of carbonyl (C=O) groups excluding carboxylic acids is 2. The molecule has 0 saturated carbocycles. The van der Waals surface area contributed by atoms with E-state index in [2.05, 4.69) is 10.6 Å². The Morgan fingerprint density at radius 2 is 1.88 bits per heavy atom. The molecule has 0 bridgehead atoms. The van der Waals surface area contributed by atoms with Crippen LogP contribution >= 0.6 is 11.6 Å². The average molecular weight is 356 g/mol. The molecule has 2 N–H and O–H groups in total. The van der Waals surface area contributed by atoms with E-state index in [4.69, 9.17) is 11.6 Å². The van der Waals surface area contributed by atoms with Crippen molar-refractivity contribution in [1.29, 1.82) is 0 Å². The van der Waals surface area contributed by atoms with Crippen molar-refractivity contribution in [3.63, 3.8) is 0 Å². The fourth-order valence-electron chi connectivity index (χ4n) is 2.67. The number of aryl methyl sites for hydroxylation is 2. The molecule has 0 aliphatic rings. The van der Waals surface area contributed by atoms with E-state index in [1.807, 2.05) is 44.3 Å². The zero-order valence-electron chi connectivity index (χ0n) is 14.0. The van der Waals surface area contributed by atoms with E-state index >= 15 is 0 Å². The molecule has 0 aliphatic heterocycles. The van der Waals surface area contributed by atoms with Crippen molar-refractivity contribution in [3.8, 4) is 0 Å². The van der Waals surface area contributed by atoms with Gasteiger partial charge in [-0.15, -0.1) is 0 Å². The summed E-state index contributed by atoms with van der Waals surface area (Å²) in [5, 5.41) is 6.77. The Bertz CT molecular complexity index is 962. The SMILES string of the molecule is Cc1ccc(NC(=O)CNC(=O)c2cc3ccccc3n2C)c(Cl)c1. The van der Waals surface area contributed by atoms with Gasteiger partial charge in [-0.05, 0) is 36.8 Å². The molecule has 0 fully saturated rings. The number of fused-ring (bicyclic) bond motifs is 1. The Balaban J connectivity index is 1.65. The van der Waals surface area contributed by atoms with Gasteiger partial charge in [0.25, 0.3) is 5.91 Å². The van der Waals surface area contributed by atoms with Crippen LogP contribution in [0, 0.1) is 6.92 Å². The van der Waals surface area contributed by atoms with Crippen LogP contribution in [-0.4, -0.2) is 22.9 Å². The van der Waals surface area contributed by atoms with Crippen LogP contribution in [0.2, 0.25) is 5.02 Å². The molecule has 0 saturated heterocycles. The summed E-state index contributed by atoms with van der Waals surface area (Å²) in [5.74, 6) is -0.637. The van der Waals surface area contributed by atoms with E-state index in [0.717, 1.165) is 16.5 Å². The Hall–Kier alpha value is -2.79. The molecule has 6 heteroatoms.